The zero-order valence-corrected chi connectivity index (χ0v) is 13.3. The highest BCUT2D eigenvalue weighted by Gasteiger charge is 2.29. The summed E-state index contributed by atoms with van der Waals surface area (Å²) in [5.41, 5.74) is 0.914. The average molecular weight is 316 g/mol. The first kappa shape index (κ1) is 14.3. The Labute approximate surface area is 133 Å². The molecule has 2 aliphatic rings. The first-order chi connectivity index (χ1) is 10.8. The van der Waals surface area contributed by atoms with Crippen LogP contribution in [0.4, 0.5) is 0 Å². The molecule has 1 saturated carbocycles. The molecule has 0 bridgehead atoms. The van der Waals surface area contributed by atoms with Gasteiger partial charge in [0.15, 0.2) is 5.16 Å². The summed E-state index contributed by atoms with van der Waals surface area (Å²) >= 11 is 1.68. The molecule has 1 aromatic carbocycles. The van der Waals surface area contributed by atoms with Crippen LogP contribution >= 0.6 is 11.8 Å². The van der Waals surface area contributed by atoms with Gasteiger partial charge in [-0.1, -0.05) is 23.9 Å². The minimum atomic E-state index is 0.111. The number of hydrogen-bond donors (Lipinski definition) is 0. The maximum absolute atomic E-state index is 12.8. The van der Waals surface area contributed by atoms with Gasteiger partial charge in [-0.2, -0.15) is 0 Å². The molecule has 5 heteroatoms. The third-order valence-electron chi connectivity index (χ3n) is 4.36. The second kappa shape index (κ2) is 6.05. The Bertz CT molecular complexity index is 733. The summed E-state index contributed by atoms with van der Waals surface area (Å²) in [6.45, 7) is 0.867. The maximum Gasteiger partial charge on any atom is 0.262 e. The van der Waals surface area contributed by atoms with Crippen molar-refractivity contribution in [2.45, 2.75) is 49.4 Å². The van der Waals surface area contributed by atoms with Gasteiger partial charge in [-0.15, -0.1) is 0 Å². The van der Waals surface area contributed by atoms with E-state index in [1.807, 2.05) is 28.8 Å². The van der Waals surface area contributed by atoms with E-state index in [-0.39, 0.29) is 5.56 Å². The van der Waals surface area contributed by atoms with Gasteiger partial charge in [0, 0.05) is 18.4 Å². The molecule has 0 unspecified atom stereocenters. The standard InChI is InChI=1S/C17H20N2O2S/c20-16-14-6-1-2-7-15(14)18-17(19(16)12-8-9-12)22-11-13-5-3-4-10-21-13/h1-2,6-7,12-13H,3-5,8-11H2/t13-/m1/s1. The molecule has 1 aromatic heterocycles. The molecule has 1 atom stereocenters. The highest BCUT2D eigenvalue weighted by atomic mass is 32.2. The molecule has 0 radical (unpaired) electrons. The molecule has 0 N–H and O–H groups in total. The van der Waals surface area contributed by atoms with Crippen LogP contribution in [-0.4, -0.2) is 28.0 Å². The Morgan fingerprint density at radius 3 is 2.86 bits per heavy atom. The third kappa shape index (κ3) is 2.79. The fourth-order valence-corrected chi connectivity index (χ4v) is 4.12. The van der Waals surface area contributed by atoms with Crippen molar-refractivity contribution in [3.8, 4) is 0 Å². The van der Waals surface area contributed by atoms with E-state index in [2.05, 4.69) is 0 Å². The number of hydrogen-bond acceptors (Lipinski definition) is 4. The molecule has 4 rings (SSSR count). The van der Waals surface area contributed by atoms with Crippen molar-refractivity contribution >= 4 is 22.7 Å². The summed E-state index contributed by atoms with van der Waals surface area (Å²) in [6, 6.07) is 8.00. The SMILES string of the molecule is O=c1c2ccccc2nc(SC[C@H]2CCCCO2)n1C1CC1. The van der Waals surface area contributed by atoms with Crippen LogP contribution in [0.2, 0.25) is 0 Å². The zero-order valence-electron chi connectivity index (χ0n) is 12.5. The molecule has 0 amide bonds. The lowest BCUT2D eigenvalue weighted by atomic mass is 10.1. The van der Waals surface area contributed by atoms with Crippen molar-refractivity contribution in [2.75, 3.05) is 12.4 Å². The van der Waals surface area contributed by atoms with Gasteiger partial charge in [0.2, 0.25) is 0 Å². The van der Waals surface area contributed by atoms with E-state index in [9.17, 15) is 4.79 Å². The van der Waals surface area contributed by atoms with Gasteiger partial charge >= 0.3 is 0 Å². The quantitative estimate of drug-likeness (QED) is 0.640. The molecule has 1 aliphatic heterocycles. The molecule has 1 saturated heterocycles. The minimum absolute atomic E-state index is 0.111. The van der Waals surface area contributed by atoms with Gasteiger partial charge in [0.1, 0.15) is 0 Å². The second-order valence-electron chi connectivity index (χ2n) is 6.12. The van der Waals surface area contributed by atoms with E-state index in [4.69, 9.17) is 9.72 Å². The smallest absolute Gasteiger partial charge is 0.262 e. The fraction of sp³-hybridized carbons (Fsp3) is 0.529. The van der Waals surface area contributed by atoms with Gasteiger partial charge in [0.25, 0.3) is 5.56 Å². The molecule has 22 heavy (non-hydrogen) atoms. The molecule has 1 aliphatic carbocycles. The number of benzene rings is 1. The number of thioether (sulfide) groups is 1. The topological polar surface area (TPSA) is 44.1 Å². The number of aromatic nitrogens is 2. The molecule has 4 nitrogen and oxygen atoms in total. The lowest BCUT2D eigenvalue weighted by Gasteiger charge is -2.22. The number of nitrogens with zero attached hydrogens (tertiary/aromatic N) is 2. The van der Waals surface area contributed by atoms with Crippen LogP contribution < -0.4 is 5.56 Å². The van der Waals surface area contributed by atoms with Gasteiger partial charge in [0.05, 0.1) is 17.0 Å². The van der Waals surface area contributed by atoms with Crippen molar-refractivity contribution in [1.29, 1.82) is 0 Å². The van der Waals surface area contributed by atoms with E-state index < -0.39 is 0 Å². The molecule has 2 aromatic rings. The Balaban J connectivity index is 1.66. The van der Waals surface area contributed by atoms with Crippen LogP contribution in [-0.2, 0) is 4.74 Å². The summed E-state index contributed by atoms with van der Waals surface area (Å²) in [4.78, 5) is 17.5. The van der Waals surface area contributed by atoms with Crippen molar-refractivity contribution in [3.63, 3.8) is 0 Å². The Kier molecular flexibility index (Phi) is 3.92. The molecule has 0 spiro atoms. The molecule has 2 fully saturated rings. The Morgan fingerprint density at radius 2 is 2.09 bits per heavy atom. The van der Waals surface area contributed by atoms with Crippen LogP contribution in [0.5, 0.6) is 0 Å². The molecule has 116 valence electrons. The molecular formula is C17H20N2O2S. The van der Waals surface area contributed by atoms with Crippen LogP contribution in [0.25, 0.3) is 10.9 Å². The van der Waals surface area contributed by atoms with Crippen molar-refractivity contribution in [2.24, 2.45) is 0 Å². The van der Waals surface area contributed by atoms with E-state index in [0.29, 0.717) is 12.1 Å². The Morgan fingerprint density at radius 1 is 1.23 bits per heavy atom. The summed E-state index contributed by atoms with van der Waals surface area (Å²) in [6.07, 6.45) is 6.01. The lowest BCUT2D eigenvalue weighted by Crippen LogP contribution is -2.25. The van der Waals surface area contributed by atoms with Crippen molar-refractivity contribution < 1.29 is 4.74 Å². The van der Waals surface area contributed by atoms with Crippen LogP contribution in [0, 0.1) is 0 Å². The fourth-order valence-electron chi connectivity index (χ4n) is 2.99. The number of rotatable bonds is 4. The van der Waals surface area contributed by atoms with E-state index in [1.54, 1.807) is 11.8 Å². The van der Waals surface area contributed by atoms with Crippen LogP contribution in [0.15, 0.2) is 34.2 Å². The van der Waals surface area contributed by atoms with Gasteiger partial charge in [-0.25, -0.2) is 4.98 Å². The van der Waals surface area contributed by atoms with Crippen LogP contribution in [0.1, 0.15) is 38.1 Å². The predicted octanol–water partition coefficient (Wildman–Crippen LogP) is 3.39. The third-order valence-corrected chi connectivity index (χ3v) is 5.44. The second-order valence-corrected chi connectivity index (χ2v) is 7.10. The first-order valence-corrected chi connectivity index (χ1v) is 9.07. The summed E-state index contributed by atoms with van der Waals surface area (Å²) in [7, 11) is 0. The van der Waals surface area contributed by atoms with Gasteiger partial charge in [-0.05, 0) is 44.2 Å². The predicted molar refractivity (Wildman–Crippen MR) is 88.6 cm³/mol. The highest BCUT2D eigenvalue weighted by molar-refractivity contribution is 7.99. The average Bonchev–Trinajstić information content (AvgIpc) is 3.39. The number of para-hydroxylation sites is 1. The first-order valence-electron chi connectivity index (χ1n) is 8.08. The van der Waals surface area contributed by atoms with Gasteiger partial charge < -0.3 is 4.74 Å². The van der Waals surface area contributed by atoms with E-state index in [0.717, 1.165) is 47.7 Å². The van der Waals surface area contributed by atoms with Crippen molar-refractivity contribution in [3.05, 3.63) is 34.6 Å². The molecule has 2 heterocycles. The van der Waals surface area contributed by atoms with E-state index in [1.165, 1.54) is 12.8 Å². The number of ether oxygens (including phenoxy) is 1. The lowest BCUT2D eigenvalue weighted by molar-refractivity contribution is 0.0315. The van der Waals surface area contributed by atoms with Crippen molar-refractivity contribution in [1.82, 2.24) is 9.55 Å². The van der Waals surface area contributed by atoms with Crippen LogP contribution in [0.3, 0.4) is 0 Å². The highest BCUT2D eigenvalue weighted by Crippen LogP contribution is 2.37. The van der Waals surface area contributed by atoms with E-state index >= 15 is 0 Å². The monoisotopic (exact) mass is 316 g/mol. The maximum atomic E-state index is 12.8. The normalized spacial score (nSPS) is 22.1. The number of fused-ring (bicyclic) bond motifs is 1. The zero-order chi connectivity index (χ0) is 14.9. The summed E-state index contributed by atoms with van der Waals surface area (Å²) < 4.78 is 7.71. The largest absolute Gasteiger partial charge is 0.377 e. The minimum Gasteiger partial charge on any atom is -0.377 e. The molecular weight excluding hydrogens is 296 g/mol. The Hall–Kier alpha value is -1.33. The summed E-state index contributed by atoms with van der Waals surface area (Å²) in [5, 5.41) is 1.59. The van der Waals surface area contributed by atoms with Gasteiger partial charge in [-0.3, -0.25) is 9.36 Å². The summed E-state index contributed by atoms with van der Waals surface area (Å²) in [5.74, 6) is 0.886.